The summed E-state index contributed by atoms with van der Waals surface area (Å²) in [4.78, 5) is 27.0. The number of ether oxygens (including phenoxy) is 3. The number of rotatable bonds is 43. The van der Waals surface area contributed by atoms with E-state index in [1.165, 1.54) is 122 Å². The average Bonchev–Trinajstić information content (AvgIpc) is 3.14. The summed E-state index contributed by atoms with van der Waals surface area (Å²) < 4.78 is 17.0. The van der Waals surface area contributed by atoms with E-state index in [1.807, 2.05) is 0 Å². The predicted octanol–water partition coefficient (Wildman–Crippen LogP) is 12.3. The summed E-state index contributed by atoms with van der Waals surface area (Å²) in [6.45, 7) is 11.3. The van der Waals surface area contributed by atoms with Gasteiger partial charge < -0.3 is 24.2 Å². The van der Waals surface area contributed by atoms with Crippen LogP contribution in [0.15, 0.2) is 0 Å². The lowest BCUT2D eigenvalue weighted by Crippen LogP contribution is -2.29. The Morgan fingerprint density at radius 3 is 1.44 bits per heavy atom. The number of unbranched alkanes of at least 4 members (excludes halogenated alkanes) is 23. The largest absolute Gasteiger partial charge is 0.466 e. The molecule has 0 spiro atoms. The van der Waals surface area contributed by atoms with E-state index < -0.39 is 0 Å². The van der Waals surface area contributed by atoms with Crippen LogP contribution < -0.4 is 0 Å². The van der Waals surface area contributed by atoms with Gasteiger partial charge in [0.1, 0.15) is 6.10 Å². The molecule has 310 valence electrons. The van der Waals surface area contributed by atoms with Crippen molar-refractivity contribution >= 4 is 11.9 Å². The highest BCUT2D eigenvalue weighted by Crippen LogP contribution is 2.18. The normalized spacial score (nSPS) is 11.6. The van der Waals surface area contributed by atoms with Crippen LogP contribution >= 0.6 is 0 Å². The Morgan fingerprint density at radius 2 is 0.904 bits per heavy atom. The van der Waals surface area contributed by atoms with Crippen LogP contribution in [0.4, 0.5) is 0 Å². The molecule has 7 nitrogen and oxygen atoms in total. The second kappa shape index (κ2) is 42.6. The second-order valence-corrected chi connectivity index (χ2v) is 15.4. The molecule has 0 fully saturated rings. The topological polar surface area (TPSA) is 85.3 Å². The van der Waals surface area contributed by atoms with E-state index in [0.29, 0.717) is 32.6 Å². The van der Waals surface area contributed by atoms with Gasteiger partial charge in [-0.25, -0.2) is 0 Å². The summed E-state index contributed by atoms with van der Waals surface area (Å²) in [6.07, 6.45) is 37.0. The van der Waals surface area contributed by atoms with Gasteiger partial charge in [-0.2, -0.15) is 0 Å². The standard InChI is InChI=1S/C45H89NO6/c1-4-7-10-13-16-17-23-30-40-50-42-35-44(48)51-41-31-24-29-37-46(38-39-47)36-28-22-18-21-27-34-45(49)52-43(32-25-19-14-11-8-5-2)33-26-20-15-12-9-6-3/h43,47H,4-42H2,1-3H3. The molecule has 0 amide bonds. The molecule has 0 saturated carbocycles. The van der Waals surface area contributed by atoms with Crippen LogP contribution in [0.2, 0.25) is 0 Å². The Hall–Kier alpha value is -1.18. The number of carbonyl (C=O) groups excluding carboxylic acids is 2. The third-order valence-electron chi connectivity index (χ3n) is 10.3. The minimum Gasteiger partial charge on any atom is -0.466 e. The highest BCUT2D eigenvalue weighted by Gasteiger charge is 2.14. The summed E-state index contributed by atoms with van der Waals surface area (Å²) in [5.41, 5.74) is 0. The number of esters is 2. The van der Waals surface area contributed by atoms with Crippen LogP contribution in [-0.4, -0.2) is 74.1 Å². The molecule has 0 atom stereocenters. The summed E-state index contributed by atoms with van der Waals surface area (Å²) in [6, 6.07) is 0. The lowest BCUT2D eigenvalue weighted by Gasteiger charge is -2.21. The van der Waals surface area contributed by atoms with E-state index in [1.54, 1.807) is 0 Å². The summed E-state index contributed by atoms with van der Waals surface area (Å²) in [7, 11) is 0. The first-order valence-corrected chi connectivity index (χ1v) is 22.8. The lowest BCUT2D eigenvalue weighted by molar-refractivity contribution is -0.150. The minimum absolute atomic E-state index is 0.00390. The molecule has 0 rings (SSSR count). The molecule has 0 aromatic carbocycles. The van der Waals surface area contributed by atoms with Gasteiger partial charge in [-0.1, -0.05) is 149 Å². The highest BCUT2D eigenvalue weighted by molar-refractivity contribution is 5.69. The minimum atomic E-state index is -0.161. The highest BCUT2D eigenvalue weighted by atomic mass is 16.5. The van der Waals surface area contributed by atoms with Crippen molar-refractivity contribution in [3.05, 3.63) is 0 Å². The molecule has 0 heterocycles. The molecule has 0 bridgehead atoms. The van der Waals surface area contributed by atoms with E-state index >= 15 is 0 Å². The van der Waals surface area contributed by atoms with Crippen molar-refractivity contribution < 1.29 is 28.9 Å². The predicted molar refractivity (Wildman–Crippen MR) is 220 cm³/mol. The fourth-order valence-corrected chi connectivity index (χ4v) is 6.89. The van der Waals surface area contributed by atoms with Gasteiger partial charge in [0.15, 0.2) is 0 Å². The van der Waals surface area contributed by atoms with E-state index in [4.69, 9.17) is 14.2 Å². The maximum atomic E-state index is 12.7. The smallest absolute Gasteiger partial charge is 0.308 e. The van der Waals surface area contributed by atoms with Crippen LogP contribution in [0.25, 0.3) is 0 Å². The molecule has 0 radical (unpaired) electrons. The molecular weight excluding hydrogens is 650 g/mol. The maximum absolute atomic E-state index is 12.7. The Labute approximate surface area is 323 Å². The number of carbonyl (C=O) groups is 2. The summed E-state index contributed by atoms with van der Waals surface area (Å²) in [5.74, 6) is -0.157. The number of nitrogens with zero attached hydrogens (tertiary/aromatic N) is 1. The third-order valence-corrected chi connectivity index (χ3v) is 10.3. The van der Waals surface area contributed by atoms with E-state index in [-0.39, 0.29) is 24.6 Å². The zero-order valence-corrected chi connectivity index (χ0v) is 35.1. The van der Waals surface area contributed by atoms with Gasteiger partial charge in [0, 0.05) is 19.6 Å². The van der Waals surface area contributed by atoms with E-state index in [9.17, 15) is 14.7 Å². The number of aliphatic hydroxyl groups is 1. The van der Waals surface area contributed by atoms with Gasteiger partial charge in [-0.05, 0) is 77.3 Å². The molecule has 0 unspecified atom stereocenters. The second-order valence-electron chi connectivity index (χ2n) is 15.4. The monoisotopic (exact) mass is 740 g/mol. The average molecular weight is 740 g/mol. The zero-order chi connectivity index (χ0) is 38.0. The first kappa shape index (κ1) is 50.8. The quantitative estimate of drug-likeness (QED) is 0.0492. The van der Waals surface area contributed by atoms with Gasteiger partial charge in [0.05, 0.1) is 26.2 Å². The molecule has 0 saturated heterocycles. The van der Waals surface area contributed by atoms with E-state index in [2.05, 4.69) is 25.7 Å². The lowest BCUT2D eigenvalue weighted by atomic mass is 10.0. The maximum Gasteiger partial charge on any atom is 0.308 e. The molecule has 0 aromatic rings. The van der Waals surface area contributed by atoms with Crippen molar-refractivity contribution in [3.63, 3.8) is 0 Å². The molecule has 0 aliphatic carbocycles. The Bertz CT molecular complexity index is 719. The van der Waals surface area contributed by atoms with Crippen LogP contribution in [0.1, 0.15) is 226 Å². The van der Waals surface area contributed by atoms with Crippen molar-refractivity contribution in [2.75, 3.05) is 46.1 Å². The molecule has 7 heteroatoms. The Morgan fingerprint density at radius 1 is 0.462 bits per heavy atom. The van der Waals surface area contributed by atoms with Gasteiger partial charge in [-0.15, -0.1) is 0 Å². The van der Waals surface area contributed by atoms with Gasteiger partial charge >= 0.3 is 11.9 Å². The molecule has 0 aliphatic heterocycles. The third kappa shape index (κ3) is 38.5. The van der Waals surface area contributed by atoms with Crippen molar-refractivity contribution in [2.45, 2.75) is 232 Å². The van der Waals surface area contributed by atoms with Crippen molar-refractivity contribution in [1.29, 1.82) is 0 Å². The van der Waals surface area contributed by atoms with Crippen LogP contribution in [-0.2, 0) is 23.8 Å². The van der Waals surface area contributed by atoms with Crippen molar-refractivity contribution in [3.8, 4) is 0 Å². The fraction of sp³-hybridized carbons (Fsp3) is 0.956. The number of hydrogen-bond acceptors (Lipinski definition) is 7. The molecule has 0 aliphatic rings. The SMILES string of the molecule is CCCCCCCCCCOCCC(=O)OCCCCCN(CCO)CCCCCCCC(=O)OC(CCCCCCCC)CCCCCCCC. The number of aliphatic hydroxyl groups excluding tert-OH is 1. The Balaban J connectivity index is 3.91. The Kier molecular flexibility index (Phi) is 41.6. The van der Waals surface area contributed by atoms with Gasteiger partial charge in [0.25, 0.3) is 0 Å². The zero-order valence-electron chi connectivity index (χ0n) is 35.1. The number of hydrogen-bond donors (Lipinski definition) is 1. The van der Waals surface area contributed by atoms with Crippen LogP contribution in [0.3, 0.4) is 0 Å². The summed E-state index contributed by atoms with van der Waals surface area (Å²) in [5, 5.41) is 9.53. The van der Waals surface area contributed by atoms with E-state index in [0.717, 1.165) is 90.3 Å². The van der Waals surface area contributed by atoms with Crippen LogP contribution in [0, 0.1) is 0 Å². The van der Waals surface area contributed by atoms with Crippen LogP contribution in [0.5, 0.6) is 0 Å². The molecule has 1 N–H and O–H groups in total. The summed E-state index contributed by atoms with van der Waals surface area (Å²) >= 11 is 0. The van der Waals surface area contributed by atoms with Gasteiger partial charge in [0.2, 0.25) is 0 Å². The molecule has 52 heavy (non-hydrogen) atoms. The fourth-order valence-electron chi connectivity index (χ4n) is 6.89. The molecular formula is C45H89NO6. The first-order valence-electron chi connectivity index (χ1n) is 22.8. The first-order chi connectivity index (χ1) is 25.6. The van der Waals surface area contributed by atoms with Crippen molar-refractivity contribution in [2.24, 2.45) is 0 Å². The molecule has 0 aromatic heterocycles. The van der Waals surface area contributed by atoms with Gasteiger partial charge in [-0.3, -0.25) is 9.59 Å². The van der Waals surface area contributed by atoms with Crippen molar-refractivity contribution in [1.82, 2.24) is 4.90 Å².